The van der Waals surface area contributed by atoms with Crippen LogP contribution in [-0.2, 0) is 0 Å². The predicted molar refractivity (Wildman–Crippen MR) is 89.5 cm³/mol. The summed E-state index contributed by atoms with van der Waals surface area (Å²) in [6, 6.07) is 1.59. The van der Waals surface area contributed by atoms with Gasteiger partial charge in [-0.15, -0.1) is 0 Å². The molecule has 0 aromatic rings. The van der Waals surface area contributed by atoms with Gasteiger partial charge in [0.15, 0.2) is 0 Å². The molecule has 3 rings (SSSR count). The lowest BCUT2D eigenvalue weighted by Gasteiger charge is -2.39. The van der Waals surface area contributed by atoms with E-state index in [-0.39, 0.29) is 0 Å². The summed E-state index contributed by atoms with van der Waals surface area (Å²) >= 11 is 2.12. The van der Waals surface area contributed by atoms with Gasteiger partial charge in [-0.05, 0) is 57.2 Å². The average molecular weight is 297 g/mol. The molecule has 0 radical (unpaired) electrons. The van der Waals surface area contributed by atoms with Gasteiger partial charge in [-0.2, -0.15) is 11.8 Å². The summed E-state index contributed by atoms with van der Waals surface area (Å²) in [5, 5.41) is 7.78. The minimum absolute atomic E-state index is 0.561. The summed E-state index contributed by atoms with van der Waals surface area (Å²) in [5.74, 6) is 0.895. The highest BCUT2D eigenvalue weighted by Gasteiger charge is 2.37. The van der Waals surface area contributed by atoms with Gasteiger partial charge in [0.25, 0.3) is 0 Å². The SMILES string of the molecule is CSC1(CNC2CCCCC2C2CCCN2)CCCC1. The minimum atomic E-state index is 0.561. The van der Waals surface area contributed by atoms with Gasteiger partial charge < -0.3 is 10.6 Å². The number of hydrogen-bond donors (Lipinski definition) is 2. The van der Waals surface area contributed by atoms with Gasteiger partial charge in [0.2, 0.25) is 0 Å². The highest BCUT2D eigenvalue weighted by molar-refractivity contribution is 8.00. The van der Waals surface area contributed by atoms with E-state index in [1.165, 1.54) is 77.3 Å². The van der Waals surface area contributed by atoms with Gasteiger partial charge in [-0.3, -0.25) is 0 Å². The minimum Gasteiger partial charge on any atom is -0.314 e. The highest BCUT2D eigenvalue weighted by Crippen LogP contribution is 2.40. The van der Waals surface area contributed by atoms with E-state index in [0.717, 1.165) is 18.0 Å². The maximum Gasteiger partial charge on any atom is 0.0281 e. The van der Waals surface area contributed by atoms with Crippen molar-refractivity contribution in [3.8, 4) is 0 Å². The van der Waals surface area contributed by atoms with Crippen molar-refractivity contribution in [3.05, 3.63) is 0 Å². The van der Waals surface area contributed by atoms with Crippen molar-refractivity contribution in [2.45, 2.75) is 81.0 Å². The predicted octanol–water partition coefficient (Wildman–Crippen LogP) is 3.56. The summed E-state index contributed by atoms with van der Waals surface area (Å²) in [5.41, 5.74) is 0. The van der Waals surface area contributed by atoms with Crippen molar-refractivity contribution in [1.29, 1.82) is 0 Å². The van der Waals surface area contributed by atoms with Crippen LogP contribution in [0.3, 0.4) is 0 Å². The van der Waals surface area contributed by atoms with Crippen LogP contribution < -0.4 is 10.6 Å². The van der Waals surface area contributed by atoms with Crippen LogP contribution in [-0.4, -0.2) is 36.2 Å². The van der Waals surface area contributed by atoms with Crippen LogP contribution in [0.2, 0.25) is 0 Å². The van der Waals surface area contributed by atoms with Crippen LogP contribution in [0.5, 0.6) is 0 Å². The van der Waals surface area contributed by atoms with Crippen molar-refractivity contribution < 1.29 is 0 Å². The molecule has 1 aliphatic heterocycles. The monoisotopic (exact) mass is 296 g/mol. The van der Waals surface area contributed by atoms with Gasteiger partial charge >= 0.3 is 0 Å². The van der Waals surface area contributed by atoms with Crippen molar-refractivity contribution in [2.75, 3.05) is 19.3 Å². The fourth-order valence-corrected chi connectivity index (χ4v) is 5.69. The van der Waals surface area contributed by atoms with Crippen molar-refractivity contribution in [3.63, 3.8) is 0 Å². The van der Waals surface area contributed by atoms with E-state index in [9.17, 15) is 0 Å². The average Bonchev–Trinajstić information content (AvgIpc) is 3.18. The number of nitrogens with one attached hydrogen (secondary N) is 2. The van der Waals surface area contributed by atoms with Crippen LogP contribution in [0, 0.1) is 5.92 Å². The molecule has 2 nitrogen and oxygen atoms in total. The van der Waals surface area contributed by atoms with Crippen LogP contribution in [0.25, 0.3) is 0 Å². The molecule has 2 aliphatic carbocycles. The van der Waals surface area contributed by atoms with E-state index >= 15 is 0 Å². The standard InChI is InChI=1S/C17H32N2S/c1-20-17(10-4-5-11-17)13-19-16-8-3-2-7-14(16)15-9-6-12-18-15/h14-16,18-19H,2-13H2,1H3. The summed E-state index contributed by atoms with van der Waals surface area (Å²) in [4.78, 5) is 0. The molecule has 3 heteroatoms. The Morgan fingerprint density at radius 1 is 1.05 bits per heavy atom. The molecular formula is C17H32N2S. The molecule has 1 saturated heterocycles. The Labute approximate surface area is 129 Å². The molecule has 3 atom stereocenters. The van der Waals surface area contributed by atoms with E-state index in [1.54, 1.807) is 0 Å². The lowest BCUT2D eigenvalue weighted by atomic mass is 9.79. The number of rotatable bonds is 5. The van der Waals surface area contributed by atoms with Crippen LogP contribution in [0.15, 0.2) is 0 Å². The first-order valence-corrected chi connectivity index (χ1v) is 10.1. The van der Waals surface area contributed by atoms with Crippen LogP contribution in [0.4, 0.5) is 0 Å². The quantitative estimate of drug-likeness (QED) is 0.811. The Hall–Kier alpha value is 0.270. The van der Waals surface area contributed by atoms with Gasteiger partial charge in [-0.1, -0.05) is 25.7 Å². The molecule has 0 spiro atoms. The topological polar surface area (TPSA) is 24.1 Å². The maximum absolute atomic E-state index is 4.02. The Balaban J connectivity index is 1.56. The smallest absolute Gasteiger partial charge is 0.0281 e. The zero-order valence-electron chi connectivity index (χ0n) is 13.1. The second kappa shape index (κ2) is 7.02. The zero-order chi connectivity index (χ0) is 13.8. The molecule has 20 heavy (non-hydrogen) atoms. The van der Waals surface area contributed by atoms with E-state index < -0.39 is 0 Å². The summed E-state index contributed by atoms with van der Waals surface area (Å²) in [7, 11) is 0. The fourth-order valence-electron chi connectivity index (χ4n) is 4.76. The Bertz CT molecular complexity index is 295. The Kier molecular flexibility index (Phi) is 5.33. The molecule has 3 aliphatic rings. The Morgan fingerprint density at radius 3 is 2.55 bits per heavy atom. The molecule has 3 fully saturated rings. The first kappa shape index (κ1) is 15.2. The van der Waals surface area contributed by atoms with Crippen molar-refractivity contribution in [2.24, 2.45) is 5.92 Å². The summed E-state index contributed by atoms with van der Waals surface area (Å²) in [6.45, 7) is 2.50. The van der Waals surface area contributed by atoms with Gasteiger partial charge in [0.05, 0.1) is 0 Å². The molecule has 0 bridgehead atoms. The van der Waals surface area contributed by atoms with E-state index in [4.69, 9.17) is 0 Å². The van der Waals surface area contributed by atoms with Crippen LogP contribution >= 0.6 is 11.8 Å². The Morgan fingerprint density at radius 2 is 1.85 bits per heavy atom. The largest absolute Gasteiger partial charge is 0.314 e. The maximum atomic E-state index is 4.02. The molecule has 0 amide bonds. The van der Waals surface area contributed by atoms with Crippen molar-refractivity contribution in [1.82, 2.24) is 10.6 Å². The second-order valence-electron chi connectivity index (χ2n) is 7.23. The third kappa shape index (κ3) is 3.36. The van der Waals surface area contributed by atoms with Crippen LogP contribution in [0.1, 0.15) is 64.2 Å². The first-order chi connectivity index (χ1) is 9.83. The third-order valence-electron chi connectivity index (χ3n) is 6.07. The molecule has 0 aromatic heterocycles. The molecular weight excluding hydrogens is 264 g/mol. The second-order valence-corrected chi connectivity index (χ2v) is 8.51. The molecule has 3 unspecified atom stereocenters. The van der Waals surface area contributed by atoms with Gasteiger partial charge in [0, 0.05) is 23.4 Å². The zero-order valence-corrected chi connectivity index (χ0v) is 13.9. The molecule has 116 valence electrons. The molecule has 2 saturated carbocycles. The lowest BCUT2D eigenvalue weighted by Crippen LogP contribution is -2.50. The molecule has 0 aromatic carbocycles. The highest BCUT2D eigenvalue weighted by atomic mass is 32.2. The van der Waals surface area contributed by atoms with E-state index in [0.29, 0.717) is 4.75 Å². The molecule has 1 heterocycles. The first-order valence-electron chi connectivity index (χ1n) is 8.85. The van der Waals surface area contributed by atoms with E-state index in [2.05, 4.69) is 28.7 Å². The normalized spacial score (nSPS) is 37.4. The fraction of sp³-hybridized carbons (Fsp3) is 1.00. The number of hydrogen-bond acceptors (Lipinski definition) is 3. The lowest BCUT2D eigenvalue weighted by molar-refractivity contribution is 0.211. The van der Waals surface area contributed by atoms with E-state index in [1.807, 2.05) is 0 Å². The third-order valence-corrected chi connectivity index (χ3v) is 7.49. The summed E-state index contributed by atoms with van der Waals surface area (Å²) in [6.07, 6.45) is 16.6. The number of thioether (sulfide) groups is 1. The molecule has 2 N–H and O–H groups in total. The van der Waals surface area contributed by atoms with Crippen molar-refractivity contribution >= 4 is 11.8 Å². The van der Waals surface area contributed by atoms with Gasteiger partial charge in [-0.25, -0.2) is 0 Å². The summed E-state index contributed by atoms with van der Waals surface area (Å²) < 4.78 is 0.561. The van der Waals surface area contributed by atoms with Gasteiger partial charge in [0.1, 0.15) is 0 Å².